The number of nitro groups is 1. The van der Waals surface area contributed by atoms with Crippen LogP contribution in [0.4, 0.5) is 10.5 Å². The maximum Gasteiger partial charge on any atom is 0.413 e. The third-order valence-corrected chi connectivity index (χ3v) is 4.84. The summed E-state index contributed by atoms with van der Waals surface area (Å²) in [5.74, 6) is 0.380. The summed E-state index contributed by atoms with van der Waals surface area (Å²) >= 11 is 0. The largest absolute Gasteiger partial charge is 0.481 e. The van der Waals surface area contributed by atoms with Gasteiger partial charge in [0, 0.05) is 30.9 Å². The number of amides is 1. The number of benzene rings is 1. The molecule has 9 heteroatoms. The van der Waals surface area contributed by atoms with Gasteiger partial charge in [0.1, 0.15) is 11.4 Å². The highest BCUT2D eigenvalue weighted by Crippen LogP contribution is 2.45. The number of likely N-dealkylation sites (N-methyl/N-ethyl adjacent to an activating group) is 1. The van der Waals surface area contributed by atoms with Crippen molar-refractivity contribution in [1.29, 1.82) is 0 Å². The number of fused-ring (bicyclic) bond motifs is 1. The summed E-state index contributed by atoms with van der Waals surface area (Å²) < 4.78 is 12.3. The molecule has 1 aliphatic rings. The van der Waals surface area contributed by atoms with Gasteiger partial charge in [-0.25, -0.2) is 4.79 Å². The average molecular weight is 399 g/mol. The average Bonchev–Trinajstić information content (AvgIpc) is 2.65. The molecule has 0 unspecified atom stereocenters. The summed E-state index contributed by atoms with van der Waals surface area (Å²) in [6.45, 7) is 5.08. The van der Waals surface area contributed by atoms with E-state index in [0.717, 1.165) is 0 Å². The third-order valence-electron chi connectivity index (χ3n) is 4.84. The van der Waals surface area contributed by atoms with E-state index in [1.54, 1.807) is 39.1 Å². The number of nitrogens with zero attached hydrogens (tertiary/aromatic N) is 3. The number of nitro benzene ring substituents is 1. The van der Waals surface area contributed by atoms with Crippen LogP contribution in [-0.2, 0) is 4.74 Å². The maximum absolute atomic E-state index is 12.7. The zero-order valence-corrected chi connectivity index (χ0v) is 16.8. The van der Waals surface area contributed by atoms with E-state index in [4.69, 9.17) is 9.47 Å². The molecule has 0 fully saturated rings. The van der Waals surface area contributed by atoms with Crippen LogP contribution in [0.5, 0.6) is 5.75 Å². The first-order valence-electron chi connectivity index (χ1n) is 8.82. The monoisotopic (exact) mass is 399 g/mol. The Hall–Kier alpha value is -3.62. The second kappa shape index (κ2) is 7.08. The number of carbonyl (C=O) groups is 1. The fourth-order valence-electron chi connectivity index (χ4n) is 3.62. The second-order valence-electron chi connectivity index (χ2n) is 7.09. The first-order valence-corrected chi connectivity index (χ1v) is 8.82. The number of carbonyl (C=O) groups excluding carboxylic acids is 1. The third kappa shape index (κ3) is 3.24. The Morgan fingerprint density at radius 2 is 1.97 bits per heavy atom. The molecular formula is C20H21N3O6. The summed E-state index contributed by atoms with van der Waals surface area (Å²) in [5, 5.41) is 11.5. The molecule has 9 nitrogen and oxygen atoms in total. The Kier molecular flexibility index (Phi) is 4.91. The minimum Gasteiger partial charge on any atom is -0.481 e. The molecule has 1 amide bonds. The van der Waals surface area contributed by atoms with Crippen LogP contribution in [0.15, 0.2) is 47.0 Å². The van der Waals surface area contributed by atoms with Crippen molar-refractivity contribution < 1.29 is 19.2 Å². The molecule has 2 aromatic rings. The first-order chi connectivity index (χ1) is 13.6. The van der Waals surface area contributed by atoms with Crippen molar-refractivity contribution in [2.24, 2.45) is 0 Å². The predicted octanol–water partition coefficient (Wildman–Crippen LogP) is 3.15. The van der Waals surface area contributed by atoms with Gasteiger partial charge in [-0.3, -0.25) is 24.4 Å². The highest BCUT2D eigenvalue weighted by atomic mass is 16.6. The second-order valence-corrected chi connectivity index (χ2v) is 7.09. The molecule has 0 saturated heterocycles. The Bertz CT molecular complexity index is 1100. The van der Waals surface area contributed by atoms with Crippen molar-refractivity contribution in [3.63, 3.8) is 0 Å². The lowest BCUT2D eigenvalue weighted by Gasteiger charge is -2.40. The van der Waals surface area contributed by atoms with Crippen molar-refractivity contribution in [3.8, 4) is 5.75 Å². The summed E-state index contributed by atoms with van der Waals surface area (Å²) in [6, 6.07) is 7.50. The first kappa shape index (κ1) is 20.1. The molecule has 0 N–H and O–H groups in total. The van der Waals surface area contributed by atoms with Crippen LogP contribution in [0, 0.1) is 17.0 Å². The van der Waals surface area contributed by atoms with Gasteiger partial charge in [0.25, 0.3) is 11.2 Å². The van der Waals surface area contributed by atoms with Crippen molar-refractivity contribution in [3.05, 3.63) is 73.8 Å². The maximum atomic E-state index is 12.7. The van der Waals surface area contributed by atoms with Gasteiger partial charge in [0.05, 0.1) is 29.0 Å². The van der Waals surface area contributed by atoms with E-state index in [1.165, 1.54) is 41.8 Å². The molecule has 152 valence electrons. The van der Waals surface area contributed by atoms with E-state index in [9.17, 15) is 19.7 Å². The van der Waals surface area contributed by atoms with Crippen molar-refractivity contribution in [2.75, 3.05) is 14.2 Å². The predicted molar refractivity (Wildman–Crippen MR) is 106 cm³/mol. The molecule has 0 spiro atoms. The highest BCUT2D eigenvalue weighted by Gasteiger charge is 2.42. The molecule has 1 aromatic heterocycles. The topological polar surface area (TPSA) is 104 Å². The van der Waals surface area contributed by atoms with Crippen LogP contribution in [0.3, 0.4) is 0 Å². The number of methoxy groups -OCH3 is 1. The molecule has 29 heavy (non-hydrogen) atoms. The van der Waals surface area contributed by atoms with E-state index in [1.807, 2.05) is 0 Å². The summed E-state index contributed by atoms with van der Waals surface area (Å²) in [7, 11) is 2.74. The van der Waals surface area contributed by atoms with Gasteiger partial charge in [-0.1, -0.05) is 6.07 Å². The Balaban J connectivity index is 2.51. The van der Waals surface area contributed by atoms with Crippen molar-refractivity contribution in [2.45, 2.75) is 26.4 Å². The molecule has 1 aliphatic heterocycles. The normalized spacial score (nSPS) is 14.7. The van der Waals surface area contributed by atoms with Crippen molar-refractivity contribution in [1.82, 2.24) is 9.47 Å². The molecule has 3 rings (SSSR count). The number of hydrogen-bond donors (Lipinski definition) is 0. The van der Waals surface area contributed by atoms with Gasteiger partial charge < -0.3 is 9.47 Å². The van der Waals surface area contributed by atoms with E-state index in [0.29, 0.717) is 28.3 Å². The lowest BCUT2D eigenvalue weighted by molar-refractivity contribution is -0.385. The number of ether oxygens (including phenoxy) is 2. The molecule has 0 aliphatic carbocycles. The molecular weight excluding hydrogens is 378 g/mol. The molecule has 0 atom stereocenters. The van der Waals surface area contributed by atoms with Gasteiger partial charge in [0.2, 0.25) is 0 Å². The van der Waals surface area contributed by atoms with Gasteiger partial charge in [-0.15, -0.1) is 0 Å². The quantitative estimate of drug-likeness (QED) is 0.580. The van der Waals surface area contributed by atoms with Gasteiger partial charge in [0.15, 0.2) is 0 Å². The smallest absolute Gasteiger partial charge is 0.413 e. The van der Waals surface area contributed by atoms with Gasteiger partial charge >= 0.3 is 6.09 Å². The van der Waals surface area contributed by atoms with Crippen LogP contribution in [0.1, 0.15) is 25.0 Å². The fraction of sp³-hybridized carbons (Fsp3) is 0.300. The summed E-state index contributed by atoms with van der Waals surface area (Å²) in [6.07, 6.45) is 0.886. The van der Waals surface area contributed by atoms with Crippen molar-refractivity contribution >= 4 is 17.5 Å². The molecule has 2 heterocycles. The van der Waals surface area contributed by atoms with E-state index in [-0.39, 0.29) is 11.2 Å². The molecule has 0 radical (unpaired) electrons. The standard InChI is InChI=1S/C20H21N3O6/c1-12-13(23(26)27)9-10-14-16(12)17(22-11-7-6-8-15(22)24)18(20(2,3)29-14)21(4)19(25)28-5/h6-11H,1-5H3. The van der Waals surface area contributed by atoms with Crippen LogP contribution < -0.4 is 10.3 Å². The minimum atomic E-state index is -1.04. The Morgan fingerprint density at radius 3 is 2.55 bits per heavy atom. The zero-order valence-electron chi connectivity index (χ0n) is 16.8. The number of pyridine rings is 1. The van der Waals surface area contributed by atoms with Crippen LogP contribution in [-0.4, -0.2) is 40.2 Å². The SMILES string of the molecule is COC(=O)N(C)C1=C(n2ccccc2=O)c2c(ccc([N+](=O)[O-])c2C)OC1(C)C. The van der Waals surface area contributed by atoms with E-state index < -0.39 is 16.6 Å². The Labute approximate surface area is 166 Å². The van der Waals surface area contributed by atoms with Crippen LogP contribution in [0.25, 0.3) is 5.70 Å². The van der Waals surface area contributed by atoms with Crippen LogP contribution in [0.2, 0.25) is 0 Å². The van der Waals surface area contributed by atoms with E-state index in [2.05, 4.69) is 0 Å². The fourth-order valence-corrected chi connectivity index (χ4v) is 3.62. The van der Waals surface area contributed by atoms with Crippen LogP contribution >= 0.6 is 0 Å². The molecule has 0 saturated carbocycles. The minimum absolute atomic E-state index is 0.117. The lowest BCUT2D eigenvalue weighted by Crippen LogP contribution is -2.45. The number of aromatic nitrogens is 1. The van der Waals surface area contributed by atoms with Gasteiger partial charge in [-0.05, 0) is 32.9 Å². The zero-order chi connectivity index (χ0) is 21.5. The summed E-state index contributed by atoms with van der Waals surface area (Å²) in [5.41, 5.74) is -0.142. The molecule has 1 aromatic carbocycles. The number of hydrogen-bond acceptors (Lipinski definition) is 6. The van der Waals surface area contributed by atoms with Gasteiger partial charge in [-0.2, -0.15) is 0 Å². The highest BCUT2D eigenvalue weighted by molar-refractivity contribution is 5.83. The lowest BCUT2D eigenvalue weighted by atomic mass is 9.90. The van der Waals surface area contributed by atoms with E-state index >= 15 is 0 Å². The molecule has 0 bridgehead atoms. The summed E-state index contributed by atoms with van der Waals surface area (Å²) in [4.78, 5) is 37.3. The number of rotatable bonds is 3. The Morgan fingerprint density at radius 1 is 1.28 bits per heavy atom.